The molecule has 0 aromatic rings. The summed E-state index contributed by atoms with van der Waals surface area (Å²) in [7, 11) is 3.50. The van der Waals surface area contributed by atoms with Gasteiger partial charge < -0.3 is 15.4 Å². The summed E-state index contributed by atoms with van der Waals surface area (Å²) >= 11 is 0. The van der Waals surface area contributed by atoms with Crippen molar-refractivity contribution in [1.82, 2.24) is 10.6 Å². The molecule has 0 amide bonds. The molecule has 4 heteroatoms. The van der Waals surface area contributed by atoms with Gasteiger partial charge in [0.1, 0.15) is 5.78 Å². The molecular weight excluding hydrogens is 252 g/mol. The van der Waals surface area contributed by atoms with E-state index in [1.807, 2.05) is 0 Å². The van der Waals surface area contributed by atoms with Crippen LogP contribution in [0.2, 0.25) is 0 Å². The Kier molecular flexibility index (Phi) is 78.4. The summed E-state index contributed by atoms with van der Waals surface area (Å²) in [6, 6.07) is 0. The Labute approximate surface area is 131 Å². The van der Waals surface area contributed by atoms with E-state index in [9.17, 15) is 9.59 Å². The van der Waals surface area contributed by atoms with Crippen molar-refractivity contribution in [1.29, 1.82) is 0 Å². The number of likely N-dealkylation sites (N-methyl/N-ethyl adjacent to an activating group) is 1. The van der Waals surface area contributed by atoms with Crippen molar-refractivity contribution in [3.05, 3.63) is 0 Å². The number of carbonyl (C=O) groups is 2. The Bertz CT molecular complexity index is 183. The molecule has 0 aromatic heterocycles. The summed E-state index contributed by atoms with van der Waals surface area (Å²) in [5.41, 5.74) is 0. The fourth-order valence-electron chi connectivity index (χ4n) is 1.21. The minimum absolute atomic E-state index is 0. The first-order valence-electron chi connectivity index (χ1n) is 4.43. The summed E-state index contributed by atoms with van der Waals surface area (Å²) in [6.07, 6.45) is 0.335. The molecular formula is C16H46N2O2. The average Bonchev–Trinajstić information content (AvgIpc) is 2.03. The van der Waals surface area contributed by atoms with Crippen LogP contribution < -0.4 is 10.6 Å². The van der Waals surface area contributed by atoms with Crippen LogP contribution in [0.15, 0.2) is 0 Å². The van der Waals surface area contributed by atoms with Crippen molar-refractivity contribution in [2.75, 3.05) is 27.2 Å². The summed E-state index contributed by atoms with van der Waals surface area (Å²) in [5.74, 6) is -0.0355. The predicted molar refractivity (Wildman–Crippen MR) is 98.8 cm³/mol. The van der Waals surface area contributed by atoms with Crippen LogP contribution in [-0.4, -0.2) is 38.8 Å². The van der Waals surface area contributed by atoms with Gasteiger partial charge in [-0.1, -0.05) is 52.0 Å². The third kappa shape index (κ3) is 26.0. The number of hydrogen-bond acceptors (Lipinski definition) is 4. The lowest BCUT2D eigenvalue weighted by atomic mass is 9.98. The monoisotopic (exact) mass is 298 g/mol. The van der Waals surface area contributed by atoms with Crippen LogP contribution in [0.4, 0.5) is 0 Å². The fourth-order valence-corrected chi connectivity index (χ4v) is 1.21. The predicted octanol–water partition coefficient (Wildman–Crippen LogP) is 4.04. The highest BCUT2D eigenvalue weighted by Crippen LogP contribution is 2.03. The molecule has 0 saturated heterocycles. The van der Waals surface area contributed by atoms with Gasteiger partial charge in [-0.2, -0.15) is 0 Å². The van der Waals surface area contributed by atoms with E-state index < -0.39 is 0 Å². The van der Waals surface area contributed by atoms with E-state index in [1.54, 1.807) is 14.1 Å². The van der Waals surface area contributed by atoms with Gasteiger partial charge in [0.25, 0.3) is 0 Å². The van der Waals surface area contributed by atoms with E-state index in [4.69, 9.17) is 0 Å². The molecule has 0 heterocycles. The average molecular weight is 299 g/mol. The number of rotatable bonds is 7. The minimum Gasteiger partial charge on any atom is -0.319 e. The normalized spacial score (nSPS) is 8.15. The highest BCUT2D eigenvalue weighted by atomic mass is 16.1. The van der Waals surface area contributed by atoms with Gasteiger partial charge in [0, 0.05) is 18.9 Å². The molecule has 0 aliphatic carbocycles. The molecule has 132 valence electrons. The van der Waals surface area contributed by atoms with Crippen LogP contribution in [0, 0.1) is 5.92 Å². The number of carbonyl (C=O) groups excluding carboxylic acids is 2. The van der Waals surface area contributed by atoms with Crippen LogP contribution in [0.1, 0.15) is 65.3 Å². The van der Waals surface area contributed by atoms with Crippen molar-refractivity contribution >= 4 is 11.6 Å². The van der Waals surface area contributed by atoms with Gasteiger partial charge in [-0.25, -0.2) is 0 Å². The van der Waals surface area contributed by atoms with E-state index in [2.05, 4.69) is 10.6 Å². The SMILES string of the molecule is C.C.C.C.C.C.C.CNCC(=O)C(CNC)CC(C)=O. The minimum atomic E-state index is -0.185. The molecule has 0 radical (unpaired) electrons. The smallest absolute Gasteiger partial charge is 0.151 e. The van der Waals surface area contributed by atoms with E-state index in [-0.39, 0.29) is 69.5 Å². The van der Waals surface area contributed by atoms with Crippen molar-refractivity contribution in [2.24, 2.45) is 5.92 Å². The first kappa shape index (κ1) is 50.7. The molecule has 0 fully saturated rings. The largest absolute Gasteiger partial charge is 0.319 e. The third-order valence-electron chi connectivity index (χ3n) is 1.79. The van der Waals surface area contributed by atoms with Gasteiger partial charge in [0.05, 0.1) is 6.54 Å². The Morgan fingerprint density at radius 2 is 1.25 bits per heavy atom. The van der Waals surface area contributed by atoms with Crippen molar-refractivity contribution in [3.63, 3.8) is 0 Å². The maximum Gasteiger partial charge on any atom is 0.151 e. The van der Waals surface area contributed by atoms with Gasteiger partial charge in [0.2, 0.25) is 0 Å². The van der Waals surface area contributed by atoms with E-state index in [1.165, 1.54) is 6.92 Å². The molecule has 0 saturated carbocycles. The molecule has 0 rings (SSSR count). The zero-order valence-electron chi connectivity index (χ0n) is 8.52. The molecule has 0 spiro atoms. The maximum absolute atomic E-state index is 11.4. The molecule has 1 unspecified atom stereocenters. The van der Waals surface area contributed by atoms with Crippen LogP contribution in [0.3, 0.4) is 0 Å². The maximum atomic E-state index is 11.4. The molecule has 0 bridgehead atoms. The molecule has 0 aliphatic rings. The van der Waals surface area contributed by atoms with Gasteiger partial charge in [0.15, 0.2) is 5.78 Å². The van der Waals surface area contributed by atoms with Gasteiger partial charge in [-0.05, 0) is 21.0 Å². The van der Waals surface area contributed by atoms with Crippen LogP contribution in [0.25, 0.3) is 0 Å². The van der Waals surface area contributed by atoms with Gasteiger partial charge in [-0.15, -0.1) is 0 Å². The Morgan fingerprint density at radius 3 is 1.50 bits per heavy atom. The summed E-state index contributed by atoms with van der Waals surface area (Å²) < 4.78 is 0. The van der Waals surface area contributed by atoms with Crippen molar-refractivity contribution in [3.8, 4) is 0 Å². The quantitative estimate of drug-likeness (QED) is 0.744. The molecule has 0 aliphatic heterocycles. The second kappa shape index (κ2) is 30.9. The lowest BCUT2D eigenvalue weighted by Crippen LogP contribution is -2.33. The first-order chi connectivity index (χ1) is 6.11. The second-order valence-corrected chi connectivity index (χ2v) is 3.16. The molecule has 1 atom stereocenters. The van der Waals surface area contributed by atoms with Crippen molar-refractivity contribution < 1.29 is 9.59 Å². The highest BCUT2D eigenvalue weighted by Gasteiger charge is 2.18. The number of ketones is 2. The number of Topliss-reactive ketones (excluding diaryl/α,β-unsaturated/α-hetero) is 2. The molecule has 20 heavy (non-hydrogen) atoms. The Balaban J connectivity index is -0.0000000343. The van der Waals surface area contributed by atoms with Crippen LogP contribution >= 0.6 is 0 Å². The zero-order valence-corrected chi connectivity index (χ0v) is 8.52. The highest BCUT2D eigenvalue weighted by molar-refractivity contribution is 5.88. The van der Waals surface area contributed by atoms with Crippen molar-refractivity contribution in [2.45, 2.75) is 65.3 Å². The number of nitrogens with one attached hydrogen (secondary N) is 2. The van der Waals surface area contributed by atoms with E-state index in [0.29, 0.717) is 19.5 Å². The van der Waals surface area contributed by atoms with E-state index >= 15 is 0 Å². The lowest BCUT2D eigenvalue weighted by Gasteiger charge is -2.13. The topological polar surface area (TPSA) is 58.2 Å². The van der Waals surface area contributed by atoms with Gasteiger partial charge >= 0.3 is 0 Å². The molecule has 2 N–H and O–H groups in total. The standard InChI is InChI=1S/C9H18N2O2.7CH4/c1-7(12)4-8(5-10-2)9(13)6-11-3;;;;;;;/h8,10-11H,4-6H2,1-3H3;7*1H4. The summed E-state index contributed by atoms with van der Waals surface area (Å²) in [5, 5.41) is 5.70. The molecule has 0 aromatic carbocycles. The zero-order chi connectivity index (χ0) is 10.3. The van der Waals surface area contributed by atoms with E-state index in [0.717, 1.165) is 0 Å². The van der Waals surface area contributed by atoms with Crippen LogP contribution in [-0.2, 0) is 9.59 Å². The summed E-state index contributed by atoms with van der Waals surface area (Å²) in [6.45, 7) is 2.41. The molecule has 4 nitrogen and oxygen atoms in total. The first-order valence-corrected chi connectivity index (χ1v) is 4.43. The fraction of sp³-hybridized carbons (Fsp3) is 0.875. The van der Waals surface area contributed by atoms with Gasteiger partial charge in [-0.3, -0.25) is 4.79 Å². The third-order valence-corrected chi connectivity index (χ3v) is 1.79. The lowest BCUT2D eigenvalue weighted by molar-refractivity contribution is -0.126. The summed E-state index contributed by atoms with van der Waals surface area (Å²) in [4.78, 5) is 22.3. The Hall–Kier alpha value is -0.740. The number of hydrogen-bond donors (Lipinski definition) is 2. The van der Waals surface area contributed by atoms with Crippen LogP contribution in [0.5, 0.6) is 0 Å². The second-order valence-electron chi connectivity index (χ2n) is 3.16. The Morgan fingerprint density at radius 1 is 0.850 bits per heavy atom.